The second-order valence-corrected chi connectivity index (χ2v) is 5.57. The minimum Gasteiger partial charge on any atom is -0.466 e. The molecule has 0 N–H and O–H groups in total. The van der Waals surface area contributed by atoms with Crippen LogP contribution in [0.25, 0.3) is 0 Å². The zero-order chi connectivity index (χ0) is 14.9. The number of ether oxygens (including phenoxy) is 1. The van der Waals surface area contributed by atoms with E-state index >= 15 is 0 Å². The Morgan fingerprint density at radius 3 is 1.85 bits per heavy atom. The fraction of sp³-hybridized carbons (Fsp3) is 0.833. The molecule has 0 heterocycles. The van der Waals surface area contributed by atoms with E-state index in [4.69, 9.17) is 4.74 Å². The molecular formula is C18H34O2. The van der Waals surface area contributed by atoms with E-state index in [1.165, 1.54) is 64.7 Å². The van der Waals surface area contributed by atoms with E-state index < -0.39 is 0 Å². The smallest absolute Gasteiger partial charge is 0.302 e. The number of unbranched alkanes of at least 4 members (excludes halogenated alkanes) is 10. The lowest BCUT2D eigenvalue weighted by molar-refractivity contribution is -0.141. The summed E-state index contributed by atoms with van der Waals surface area (Å²) in [6, 6.07) is 0. The number of esters is 1. The molecule has 0 rings (SSSR count). The fourth-order valence-electron chi connectivity index (χ4n) is 2.21. The van der Waals surface area contributed by atoms with Gasteiger partial charge in [-0.1, -0.05) is 57.6 Å². The maximum absolute atomic E-state index is 10.5. The summed E-state index contributed by atoms with van der Waals surface area (Å²) < 4.78 is 4.89. The highest BCUT2D eigenvalue weighted by atomic mass is 16.5. The minimum absolute atomic E-state index is 0.167. The zero-order valence-corrected chi connectivity index (χ0v) is 13.7. The fourth-order valence-corrected chi connectivity index (χ4v) is 2.21. The molecule has 0 amide bonds. The lowest BCUT2D eigenvalue weighted by atomic mass is 10.1. The Kier molecular flexibility index (Phi) is 15.6. The van der Waals surface area contributed by atoms with E-state index in [0.29, 0.717) is 6.61 Å². The topological polar surface area (TPSA) is 26.3 Å². The normalized spacial score (nSPS) is 11.1. The Hall–Kier alpha value is -0.790. The molecule has 2 heteroatoms. The second kappa shape index (κ2) is 16.3. The first kappa shape index (κ1) is 19.2. The van der Waals surface area contributed by atoms with Crippen LogP contribution < -0.4 is 0 Å². The molecule has 118 valence electrons. The maximum atomic E-state index is 10.5. The molecule has 2 nitrogen and oxygen atoms in total. The van der Waals surface area contributed by atoms with Gasteiger partial charge in [-0.3, -0.25) is 4.79 Å². The first-order valence-electron chi connectivity index (χ1n) is 8.55. The Morgan fingerprint density at radius 1 is 0.800 bits per heavy atom. The van der Waals surface area contributed by atoms with Crippen LogP contribution in [-0.4, -0.2) is 12.6 Å². The van der Waals surface area contributed by atoms with Gasteiger partial charge < -0.3 is 4.74 Å². The van der Waals surface area contributed by atoms with E-state index in [-0.39, 0.29) is 5.97 Å². The third-order valence-electron chi connectivity index (χ3n) is 3.46. The molecule has 0 saturated heterocycles. The van der Waals surface area contributed by atoms with Crippen LogP contribution in [0.3, 0.4) is 0 Å². The lowest BCUT2D eigenvalue weighted by Crippen LogP contribution is -1.99. The van der Waals surface area contributed by atoms with Gasteiger partial charge in [0.05, 0.1) is 6.61 Å². The summed E-state index contributed by atoms with van der Waals surface area (Å²) in [6.45, 7) is 4.31. The molecule has 0 aromatic carbocycles. The van der Waals surface area contributed by atoms with Crippen molar-refractivity contribution < 1.29 is 9.53 Å². The van der Waals surface area contributed by atoms with Crippen LogP contribution in [-0.2, 0) is 9.53 Å². The van der Waals surface area contributed by atoms with Crippen LogP contribution in [0.4, 0.5) is 0 Å². The molecule has 0 aliphatic heterocycles. The first-order chi connectivity index (χ1) is 9.77. The molecule has 0 radical (unpaired) electrons. The van der Waals surface area contributed by atoms with Crippen molar-refractivity contribution in [1.29, 1.82) is 0 Å². The summed E-state index contributed by atoms with van der Waals surface area (Å²) in [5, 5.41) is 0. The molecule has 20 heavy (non-hydrogen) atoms. The number of hydrogen-bond donors (Lipinski definition) is 0. The highest BCUT2D eigenvalue weighted by molar-refractivity contribution is 5.65. The molecular weight excluding hydrogens is 248 g/mol. The third kappa shape index (κ3) is 17.2. The zero-order valence-electron chi connectivity index (χ0n) is 13.7. The van der Waals surface area contributed by atoms with Crippen molar-refractivity contribution in [3.63, 3.8) is 0 Å². The van der Waals surface area contributed by atoms with E-state index in [1.807, 2.05) is 0 Å². The largest absolute Gasteiger partial charge is 0.466 e. The molecule has 0 atom stereocenters. The summed E-state index contributed by atoms with van der Waals surface area (Å²) in [5.74, 6) is -0.167. The van der Waals surface area contributed by atoms with E-state index in [2.05, 4.69) is 19.1 Å². The third-order valence-corrected chi connectivity index (χ3v) is 3.46. The van der Waals surface area contributed by atoms with Gasteiger partial charge in [0.15, 0.2) is 0 Å². The van der Waals surface area contributed by atoms with Gasteiger partial charge >= 0.3 is 5.97 Å². The standard InChI is InChI=1S/C18H34O2/c1-3-4-5-6-7-8-9-10-11-12-13-14-15-16-17-20-18(2)19/h11-12H,3-10,13-17H2,1-2H3/b12-11+. The molecule has 0 unspecified atom stereocenters. The van der Waals surface area contributed by atoms with E-state index in [9.17, 15) is 4.79 Å². The van der Waals surface area contributed by atoms with E-state index in [1.54, 1.807) is 0 Å². The van der Waals surface area contributed by atoms with Crippen LogP contribution in [0.2, 0.25) is 0 Å². The van der Waals surface area contributed by atoms with Crippen molar-refractivity contribution in [1.82, 2.24) is 0 Å². The van der Waals surface area contributed by atoms with Crippen molar-refractivity contribution in [2.45, 2.75) is 90.9 Å². The van der Waals surface area contributed by atoms with Gasteiger partial charge in [0, 0.05) is 6.92 Å². The quantitative estimate of drug-likeness (QED) is 0.228. The minimum atomic E-state index is -0.167. The maximum Gasteiger partial charge on any atom is 0.302 e. The van der Waals surface area contributed by atoms with Crippen molar-refractivity contribution in [2.24, 2.45) is 0 Å². The second-order valence-electron chi connectivity index (χ2n) is 5.57. The summed E-state index contributed by atoms with van der Waals surface area (Å²) in [4.78, 5) is 10.5. The van der Waals surface area contributed by atoms with Crippen molar-refractivity contribution in [3.05, 3.63) is 12.2 Å². The van der Waals surface area contributed by atoms with Crippen LogP contribution in [0.15, 0.2) is 12.2 Å². The Bertz CT molecular complexity index is 234. The number of carbonyl (C=O) groups excluding carboxylic acids is 1. The van der Waals surface area contributed by atoms with E-state index in [0.717, 1.165) is 19.3 Å². The molecule has 0 fully saturated rings. The molecule has 0 saturated carbocycles. The van der Waals surface area contributed by atoms with Gasteiger partial charge in [-0.25, -0.2) is 0 Å². The van der Waals surface area contributed by atoms with Gasteiger partial charge in [-0.15, -0.1) is 0 Å². The number of hydrogen-bond acceptors (Lipinski definition) is 2. The van der Waals surface area contributed by atoms with Crippen molar-refractivity contribution in [2.75, 3.05) is 6.61 Å². The van der Waals surface area contributed by atoms with Gasteiger partial charge in [-0.2, -0.15) is 0 Å². The monoisotopic (exact) mass is 282 g/mol. The summed E-state index contributed by atoms with van der Waals surface area (Å²) >= 11 is 0. The van der Waals surface area contributed by atoms with Crippen LogP contribution in [0.5, 0.6) is 0 Å². The molecule has 0 bridgehead atoms. The average Bonchev–Trinajstić information content (AvgIpc) is 2.43. The average molecular weight is 282 g/mol. The lowest BCUT2D eigenvalue weighted by Gasteiger charge is -2.00. The van der Waals surface area contributed by atoms with Crippen LogP contribution in [0.1, 0.15) is 90.9 Å². The molecule has 0 aliphatic rings. The SMILES string of the molecule is CCCCCCCCC/C=C/CCCCCOC(C)=O. The number of rotatable bonds is 14. The number of carbonyl (C=O) groups is 1. The molecule has 0 spiro atoms. The predicted molar refractivity (Wildman–Crippen MR) is 86.9 cm³/mol. The summed E-state index contributed by atoms with van der Waals surface area (Å²) in [7, 11) is 0. The van der Waals surface area contributed by atoms with Crippen LogP contribution >= 0.6 is 0 Å². The Labute approximate surface area is 126 Å². The highest BCUT2D eigenvalue weighted by Crippen LogP contribution is 2.09. The van der Waals surface area contributed by atoms with Crippen LogP contribution in [0, 0.1) is 0 Å². The summed E-state index contributed by atoms with van der Waals surface area (Å²) in [5.41, 5.74) is 0. The number of allylic oxidation sites excluding steroid dienone is 2. The Balaban J connectivity index is 3.07. The summed E-state index contributed by atoms with van der Waals surface area (Å²) in [6.07, 6.45) is 20.1. The van der Waals surface area contributed by atoms with Crippen molar-refractivity contribution >= 4 is 5.97 Å². The predicted octanol–water partition coefficient (Wildman–Crippen LogP) is 5.81. The molecule has 0 aromatic heterocycles. The van der Waals surface area contributed by atoms with Gasteiger partial charge in [0.2, 0.25) is 0 Å². The van der Waals surface area contributed by atoms with Crippen molar-refractivity contribution in [3.8, 4) is 0 Å². The highest BCUT2D eigenvalue weighted by Gasteiger charge is 1.92. The molecule has 0 aromatic rings. The first-order valence-corrected chi connectivity index (χ1v) is 8.55. The van der Waals surface area contributed by atoms with Gasteiger partial charge in [-0.05, 0) is 38.5 Å². The molecule has 0 aliphatic carbocycles. The van der Waals surface area contributed by atoms with Gasteiger partial charge in [0.1, 0.15) is 0 Å². The Morgan fingerprint density at radius 2 is 1.30 bits per heavy atom. The van der Waals surface area contributed by atoms with Gasteiger partial charge in [0.25, 0.3) is 0 Å².